The van der Waals surface area contributed by atoms with Gasteiger partial charge in [-0.3, -0.25) is 4.98 Å². The van der Waals surface area contributed by atoms with Crippen molar-refractivity contribution in [3.05, 3.63) is 82.6 Å². The van der Waals surface area contributed by atoms with Crippen LogP contribution in [0.4, 0.5) is 5.69 Å². The van der Waals surface area contributed by atoms with Gasteiger partial charge in [-0.15, -0.1) is 6.58 Å². The Bertz CT molecular complexity index is 1090. The van der Waals surface area contributed by atoms with Crippen LogP contribution in [0.5, 0.6) is 0 Å². The summed E-state index contributed by atoms with van der Waals surface area (Å²) in [6, 6.07) is 11.1. The summed E-state index contributed by atoms with van der Waals surface area (Å²) >= 11 is 0. The highest BCUT2D eigenvalue weighted by Gasteiger charge is 2.29. The van der Waals surface area contributed by atoms with Crippen molar-refractivity contribution in [3.8, 4) is 22.4 Å². The summed E-state index contributed by atoms with van der Waals surface area (Å²) in [6.07, 6.45) is 5.90. The average molecular weight is 383 g/mol. The van der Waals surface area contributed by atoms with Gasteiger partial charge in [0.15, 0.2) is 0 Å². The second kappa shape index (κ2) is 7.51. The highest BCUT2D eigenvalue weighted by molar-refractivity contribution is 5.93. The van der Waals surface area contributed by atoms with Crippen LogP contribution in [0.2, 0.25) is 0 Å². The fourth-order valence-electron chi connectivity index (χ4n) is 4.90. The smallest absolute Gasteiger partial charge is 0.0778 e. The van der Waals surface area contributed by atoms with Crippen molar-refractivity contribution in [3.63, 3.8) is 0 Å². The Labute approximate surface area is 174 Å². The van der Waals surface area contributed by atoms with Gasteiger partial charge in [0.25, 0.3) is 0 Å². The number of hydrogen-bond acceptors (Lipinski definition) is 2. The third kappa shape index (κ3) is 3.07. The molecule has 0 amide bonds. The lowest BCUT2D eigenvalue weighted by Gasteiger charge is -2.35. The Hall–Kier alpha value is -2.87. The Kier molecular flexibility index (Phi) is 5.04. The Morgan fingerprint density at radius 3 is 2.41 bits per heavy atom. The van der Waals surface area contributed by atoms with E-state index in [9.17, 15) is 0 Å². The lowest BCUT2D eigenvalue weighted by Crippen LogP contribution is -2.25. The van der Waals surface area contributed by atoms with Crippen LogP contribution in [0.15, 0.2) is 49.2 Å². The molecule has 1 aromatic heterocycles. The van der Waals surface area contributed by atoms with E-state index >= 15 is 0 Å². The van der Waals surface area contributed by atoms with E-state index in [2.05, 4.69) is 76.6 Å². The van der Waals surface area contributed by atoms with Crippen molar-refractivity contribution in [2.75, 3.05) is 11.9 Å². The largest absolute Gasteiger partial charge is 0.369 e. The number of hydrogen-bond donors (Lipinski definition) is 0. The molecule has 29 heavy (non-hydrogen) atoms. The molecule has 0 unspecified atom stereocenters. The molecule has 0 radical (unpaired) electrons. The van der Waals surface area contributed by atoms with Gasteiger partial charge in [0, 0.05) is 36.6 Å². The lowest BCUT2D eigenvalue weighted by atomic mass is 9.81. The predicted molar refractivity (Wildman–Crippen MR) is 125 cm³/mol. The summed E-state index contributed by atoms with van der Waals surface area (Å²) in [4.78, 5) is 7.29. The van der Waals surface area contributed by atoms with Crippen molar-refractivity contribution in [1.29, 1.82) is 0 Å². The van der Waals surface area contributed by atoms with Crippen molar-refractivity contribution < 1.29 is 0 Å². The second-order valence-electron chi connectivity index (χ2n) is 8.19. The molecule has 0 atom stereocenters. The van der Waals surface area contributed by atoms with Gasteiger partial charge in [0.2, 0.25) is 0 Å². The lowest BCUT2D eigenvalue weighted by molar-refractivity contribution is 0.869. The van der Waals surface area contributed by atoms with Crippen LogP contribution in [-0.2, 0) is 19.4 Å². The number of pyridine rings is 1. The predicted octanol–water partition coefficient (Wildman–Crippen LogP) is 6.58. The molecule has 4 rings (SSSR count). The van der Waals surface area contributed by atoms with Gasteiger partial charge in [-0.2, -0.15) is 0 Å². The van der Waals surface area contributed by atoms with Crippen molar-refractivity contribution in [1.82, 2.24) is 4.98 Å². The summed E-state index contributed by atoms with van der Waals surface area (Å²) in [5.74, 6) is 0. The van der Waals surface area contributed by atoms with Gasteiger partial charge in [0.1, 0.15) is 0 Å². The number of nitrogens with zero attached hydrogens (tertiary/aromatic N) is 2. The van der Waals surface area contributed by atoms with Crippen LogP contribution in [0, 0.1) is 20.8 Å². The molecule has 2 nitrogen and oxygen atoms in total. The maximum absolute atomic E-state index is 4.88. The van der Waals surface area contributed by atoms with Gasteiger partial charge < -0.3 is 4.90 Å². The fourth-order valence-corrected chi connectivity index (χ4v) is 4.90. The Morgan fingerprint density at radius 2 is 1.76 bits per heavy atom. The van der Waals surface area contributed by atoms with Gasteiger partial charge in [0.05, 0.1) is 5.69 Å². The third-order valence-electron chi connectivity index (χ3n) is 6.33. The molecular weight excluding hydrogens is 352 g/mol. The van der Waals surface area contributed by atoms with Gasteiger partial charge in [-0.05, 0) is 73.1 Å². The van der Waals surface area contributed by atoms with Gasteiger partial charge in [-0.25, -0.2) is 0 Å². The first kappa shape index (κ1) is 19.4. The molecule has 2 aromatic carbocycles. The van der Waals surface area contributed by atoms with Gasteiger partial charge >= 0.3 is 0 Å². The Morgan fingerprint density at radius 1 is 1.03 bits per heavy atom. The van der Waals surface area contributed by atoms with Crippen LogP contribution in [-0.4, -0.2) is 12.0 Å². The number of rotatable bonds is 4. The molecular formula is C27H30N2. The molecule has 0 spiro atoms. The minimum Gasteiger partial charge on any atom is -0.369 e. The van der Waals surface area contributed by atoms with Crippen LogP contribution in [0.3, 0.4) is 0 Å². The molecule has 0 saturated heterocycles. The number of aryl methyl sites for hydroxylation is 2. The van der Waals surface area contributed by atoms with E-state index in [1.54, 1.807) is 0 Å². The minimum atomic E-state index is 0.867. The van der Waals surface area contributed by atoms with Crippen molar-refractivity contribution >= 4 is 5.69 Å². The number of anilines is 1. The van der Waals surface area contributed by atoms with E-state index in [0.717, 1.165) is 25.1 Å². The normalized spacial score (nSPS) is 12.5. The third-order valence-corrected chi connectivity index (χ3v) is 6.33. The second-order valence-corrected chi connectivity index (χ2v) is 8.19. The molecule has 3 aromatic rings. The number of aromatic nitrogens is 1. The van der Waals surface area contributed by atoms with Crippen LogP contribution < -0.4 is 4.90 Å². The highest BCUT2D eigenvalue weighted by atomic mass is 15.1. The molecule has 148 valence electrons. The summed E-state index contributed by atoms with van der Waals surface area (Å²) in [5.41, 5.74) is 14.5. The molecule has 0 fully saturated rings. The van der Waals surface area contributed by atoms with E-state index in [-0.39, 0.29) is 0 Å². The van der Waals surface area contributed by atoms with E-state index in [1.165, 1.54) is 55.8 Å². The minimum absolute atomic E-state index is 0.867. The summed E-state index contributed by atoms with van der Waals surface area (Å²) in [5, 5.41) is 0. The zero-order chi connectivity index (χ0) is 20.7. The average Bonchev–Trinajstić information content (AvgIpc) is 2.72. The molecule has 2 heteroatoms. The quantitative estimate of drug-likeness (QED) is 0.474. The SMILES string of the molecule is C=CCc1c(C)c2c(c(C)c1-c1ccc(C)cc1)-c1nccc(CC)c1CN2C. The molecule has 1 aliphatic heterocycles. The molecule has 1 aliphatic rings. The zero-order valence-electron chi connectivity index (χ0n) is 18.3. The summed E-state index contributed by atoms with van der Waals surface area (Å²) < 4.78 is 0. The number of fused-ring (bicyclic) bond motifs is 3. The Balaban J connectivity index is 2.10. The number of allylic oxidation sites excluding steroid dienone is 1. The maximum Gasteiger partial charge on any atom is 0.0778 e. The standard InChI is InChI=1S/C27H30N2/c1-7-9-22-18(4)27-25(19(5)24(22)21-12-10-17(3)11-13-21)26-23(16-29(27)6)20(8-2)14-15-28-26/h7,10-15H,1,8-9,16H2,2-6H3. The van der Waals surface area contributed by atoms with E-state index in [4.69, 9.17) is 4.98 Å². The molecule has 0 bridgehead atoms. The van der Waals surface area contributed by atoms with Crippen molar-refractivity contribution in [2.45, 2.75) is 47.1 Å². The molecule has 0 N–H and O–H groups in total. The first-order valence-electron chi connectivity index (χ1n) is 10.5. The molecule has 0 aliphatic carbocycles. The van der Waals surface area contributed by atoms with Gasteiger partial charge in [-0.1, -0.05) is 42.8 Å². The molecule has 2 heterocycles. The van der Waals surface area contributed by atoms with Crippen LogP contribution >= 0.6 is 0 Å². The highest BCUT2D eigenvalue weighted by Crippen LogP contribution is 2.48. The van der Waals surface area contributed by atoms with E-state index in [1.807, 2.05) is 12.3 Å². The van der Waals surface area contributed by atoms with Crippen LogP contribution in [0.1, 0.15) is 40.3 Å². The first-order valence-corrected chi connectivity index (χ1v) is 10.5. The first-order chi connectivity index (χ1) is 14.0. The fraction of sp³-hybridized carbons (Fsp3) is 0.296. The maximum atomic E-state index is 4.88. The monoisotopic (exact) mass is 382 g/mol. The van der Waals surface area contributed by atoms with Crippen LogP contribution in [0.25, 0.3) is 22.4 Å². The molecule has 0 saturated carbocycles. The number of benzene rings is 2. The van der Waals surface area contributed by atoms with E-state index < -0.39 is 0 Å². The van der Waals surface area contributed by atoms with Crippen molar-refractivity contribution in [2.24, 2.45) is 0 Å². The summed E-state index contributed by atoms with van der Waals surface area (Å²) in [7, 11) is 2.21. The zero-order valence-corrected chi connectivity index (χ0v) is 18.3. The van der Waals surface area contributed by atoms with E-state index in [0.29, 0.717) is 0 Å². The summed E-state index contributed by atoms with van der Waals surface area (Å²) in [6.45, 7) is 13.9. The topological polar surface area (TPSA) is 16.1 Å².